The molecule has 0 spiro atoms. The molecule has 32 heavy (non-hydrogen) atoms. The highest BCUT2D eigenvalue weighted by atomic mass is 15.0. The van der Waals surface area contributed by atoms with Crippen molar-refractivity contribution in [3.63, 3.8) is 0 Å². The highest BCUT2D eigenvalue weighted by molar-refractivity contribution is 5.91. The van der Waals surface area contributed by atoms with Gasteiger partial charge in [0, 0.05) is 47.0 Å². The van der Waals surface area contributed by atoms with Crippen molar-refractivity contribution in [2.45, 2.75) is 20.4 Å². The van der Waals surface area contributed by atoms with Crippen molar-refractivity contribution in [2.75, 3.05) is 6.54 Å². The van der Waals surface area contributed by atoms with Crippen molar-refractivity contribution in [2.24, 2.45) is 4.99 Å². The zero-order chi connectivity index (χ0) is 23.1. The number of benzene rings is 1. The van der Waals surface area contributed by atoms with Gasteiger partial charge in [0.15, 0.2) is 0 Å². The van der Waals surface area contributed by atoms with E-state index in [1.54, 1.807) is 12.2 Å². The lowest BCUT2D eigenvalue weighted by molar-refractivity contribution is 0.820. The molecule has 0 unspecified atom stereocenters. The molecule has 0 atom stereocenters. The number of dihydropyridines is 1. The second-order valence-corrected chi connectivity index (χ2v) is 7.62. The van der Waals surface area contributed by atoms with Crippen molar-refractivity contribution in [3.05, 3.63) is 113 Å². The predicted octanol–water partition coefficient (Wildman–Crippen LogP) is 6.22. The molecular formula is C28H30N4. The van der Waals surface area contributed by atoms with Crippen LogP contribution >= 0.6 is 0 Å². The van der Waals surface area contributed by atoms with Crippen LogP contribution in [0.3, 0.4) is 0 Å². The number of aromatic nitrogens is 1. The van der Waals surface area contributed by atoms with Gasteiger partial charge < -0.3 is 15.3 Å². The van der Waals surface area contributed by atoms with E-state index < -0.39 is 0 Å². The Morgan fingerprint density at radius 1 is 1.28 bits per heavy atom. The maximum absolute atomic E-state index is 7.74. The summed E-state index contributed by atoms with van der Waals surface area (Å²) < 4.78 is 2.31. The van der Waals surface area contributed by atoms with Gasteiger partial charge in [-0.2, -0.15) is 0 Å². The number of aliphatic imine (C=N–C) groups is 1. The Morgan fingerprint density at radius 2 is 2.09 bits per heavy atom. The minimum absolute atomic E-state index is 0.637. The van der Waals surface area contributed by atoms with E-state index in [-0.39, 0.29) is 0 Å². The van der Waals surface area contributed by atoms with E-state index in [0.29, 0.717) is 17.8 Å². The van der Waals surface area contributed by atoms with E-state index in [2.05, 4.69) is 79.0 Å². The van der Waals surface area contributed by atoms with Crippen LogP contribution in [-0.2, 0) is 6.54 Å². The van der Waals surface area contributed by atoms with E-state index in [9.17, 15) is 0 Å². The Hall–Kier alpha value is -3.92. The van der Waals surface area contributed by atoms with Crippen molar-refractivity contribution < 1.29 is 0 Å². The molecule has 0 amide bonds. The van der Waals surface area contributed by atoms with Gasteiger partial charge in [-0.3, -0.25) is 4.99 Å². The van der Waals surface area contributed by atoms with Gasteiger partial charge in [-0.15, -0.1) is 0 Å². The van der Waals surface area contributed by atoms with Crippen LogP contribution in [0.4, 0.5) is 0 Å². The highest BCUT2D eigenvalue weighted by Crippen LogP contribution is 2.28. The first-order valence-corrected chi connectivity index (χ1v) is 10.6. The molecule has 2 aromatic rings. The predicted molar refractivity (Wildman–Crippen MR) is 140 cm³/mol. The molecule has 1 aliphatic rings. The van der Waals surface area contributed by atoms with Crippen molar-refractivity contribution in [1.82, 2.24) is 9.88 Å². The van der Waals surface area contributed by atoms with Crippen molar-refractivity contribution in [3.8, 4) is 0 Å². The first-order chi connectivity index (χ1) is 15.5. The third kappa shape index (κ3) is 4.70. The fourth-order valence-corrected chi connectivity index (χ4v) is 3.95. The van der Waals surface area contributed by atoms with Gasteiger partial charge in [-0.25, -0.2) is 0 Å². The maximum Gasteiger partial charge on any atom is 0.0715 e. The molecule has 0 radical (unpaired) electrons. The number of aryl methyl sites for hydroxylation is 1. The summed E-state index contributed by atoms with van der Waals surface area (Å²) in [6.45, 7) is 17.1. The Balaban J connectivity index is 2.13. The lowest BCUT2D eigenvalue weighted by Gasteiger charge is -2.14. The number of fused-ring (bicyclic) bond motifs is 1. The van der Waals surface area contributed by atoms with Gasteiger partial charge in [0.05, 0.1) is 5.70 Å². The Morgan fingerprint density at radius 3 is 2.72 bits per heavy atom. The fraction of sp³-hybridized carbons (Fsp3) is 0.143. The SMILES string of the molecule is C=C/C=C(C=N)/C(=C/C(=C\Cn1c(C)c(C=C)c2cc(C)ccc21)C1=CC=CNC1)N=C. The van der Waals surface area contributed by atoms with Crippen LogP contribution in [0.2, 0.25) is 0 Å². The van der Waals surface area contributed by atoms with Crippen LogP contribution in [0.1, 0.15) is 16.8 Å². The molecule has 1 aromatic heterocycles. The largest absolute Gasteiger partial charge is 0.387 e. The Bertz CT molecular complexity index is 1230. The molecule has 1 aliphatic heterocycles. The first-order valence-electron chi connectivity index (χ1n) is 10.6. The average molecular weight is 423 g/mol. The quantitative estimate of drug-likeness (QED) is 0.366. The summed E-state index contributed by atoms with van der Waals surface area (Å²) in [5, 5.41) is 12.2. The van der Waals surface area contributed by atoms with Crippen LogP contribution in [0.25, 0.3) is 17.0 Å². The molecule has 1 aromatic carbocycles. The molecule has 3 rings (SSSR count). The highest BCUT2D eigenvalue weighted by Gasteiger charge is 2.13. The van der Waals surface area contributed by atoms with Crippen LogP contribution < -0.4 is 5.32 Å². The van der Waals surface area contributed by atoms with Gasteiger partial charge in [0.2, 0.25) is 0 Å². The van der Waals surface area contributed by atoms with Gasteiger partial charge >= 0.3 is 0 Å². The summed E-state index contributed by atoms with van der Waals surface area (Å²) in [5.41, 5.74) is 8.25. The molecule has 4 heteroatoms. The standard InChI is InChI=1S/C28H30N4/c1-6-9-23(18-29)27(30-5)17-22(24-10-8-14-31-19-24)13-15-32-21(4)25(7-2)26-16-20(3)11-12-28(26)32/h6-14,16-18,29,31H,1-2,5,15,19H2,3-4H3/b22-13+,23-9+,27-17-,29-18?. The summed E-state index contributed by atoms with van der Waals surface area (Å²) >= 11 is 0. The summed E-state index contributed by atoms with van der Waals surface area (Å²) in [4.78, 5) is 4.18. The molecule has 0 fully saturated rings. The number of hydrogen-bond donors (Lipinski definition) is 2. The monoisotopic (exact) mass is 422 g/mol. The van der Waals surface area contributed by atoms with Gasteiger partial charge in [-0.05, 0) is 62.2 Å². The minimum Gasteiger partial charge on any atom is -0.387 e. The number of allylic oxidation sites excluding steroid dienone is 7. The summed E-state index contributed by atoms with van der Waals surface area (Å²) in [5.74, 6) is 0. The second-order valence-electron chi connectivity index (χ2n) is 7.62. The molecule has 162 valence electrons. The maximum atomic E-state index is 7.74. The van der Waals surface area contributed by atoms with Gasteiger partial charge in [0.25, 0.3) is 0 Å². The number of rotatable bonds is 9. The lowest BCUT2D eigenvalue weighted by atomic mass is 10.0. The van der Waals surface area contributed by atoms with E-state index in [4.69, 9.17) is 5.41 Å². The van der Waals surface area contributed by atoms with Crippen molar-refractivity contribution in [1.29, 1.82) is 5.41 Å². The molecule has 2 heterocycles. The third-order valence-electron chi connectivity index (χ3n) is 5.61. The zero-order valence-corrected chi connectivity index (χ0v) is 18.9. The normalized spacial score (nSPS) is 14.7. The average Bonchev–Trinajstić information content (AvgIpc) is 3.08. The zero-order valence-electron chi connectivity index (χ0n) is 18.9. The fourth-order valence-electron chi connectivity index (χ4n) is 3.95. The number of hydrogen-bond acceptors (Lipinski definition) is 3. The van der Waals surface area contributed by atoms with Crippen LogP contribution in [0.5, 0.6) is 0 Å². The molecule has 0 saturated heterocycles. The molecule has 0 bridgehead atoms. The lowest BCUT2D eigenvalue weighted by Crippen LogP contribution is -2.14. The first kappa shape index (κ1) is 22.8. The summed E-state index contributed by atoms with van der Waals surface area (Å²) in [6, 6.07) is 6.54. The number of nitrogens with zero attached hydrogens (tertiary/aromatic N) is 2. The molecule has 2 N–H and O–H groups in total. The molecular weight excluding hydrogens is 392 g/mol. The Labute approximate surface area is 190 Å². The van der Waals surface area contributed by atoms with E-state index in [1.165, 1.54) is 33.9 Å². The van der Waals surface area contributed by atoms with E-state index in [1.807, 2.05) is 24.4 Å². The smallest absolute Gasteiger partial charge is 0.0715 e. The minimum atomic E-state index is 0.637. The number of nitrogens with one attached hydrogen (secondary N) is 2. The van der Waals surface area contributed by atoms with E-state index in [0.717, 1.165) is 17.7 Å². The van der Waals surface area contributed by atoms with E-state index >= 15 is 0 Å². The summed E-state index contributed by atoms with van der Waals surface area (Å²) in [7, 11) is 0. The topological polar surface area (TPSA) is 53.2 Å². The molecule has 0 aliphatic carbocycles. The van der Waals surface area contributed by atoms with Crippen LogP contribution in [-0.4, -0.2) is 24.0 Å². The molecule has 4 nitrogen and oxygen atoms in total. The second kappa shape index (κ2) is 10.4. The van der Waals surface area contributed by atoms with Crippen LogP contribution in [0, 0.1) is 19.3 Å². The van der Waals surface area contributed by atoms with Gasteiger partial charge in [0.1, 0.15) is 0 Å². The Kier molecular flexibility index (Phi) is 7.40. The third-order valence-corrected chi connectivity index (χ3v) is 5.61. The molecule has 0 saturated carbocycles. The van der Waals surface area contributed by atoms with Crippen molar-refractivity contribution >= 4 is 29.9 Å². The van der Waals surface area contributed by atoms with Gasteiger partial charge in [-0.1, -0.05) is 55.2 Å². The van der Waals surface area contributed by atoms with Crippen LogP contribution in [0.15, 0.2) is 101 Å². The summed E-state index contributed by atoms with van der Waals surface area (Å²) in [6.07, 6.45) is 16.8.